The summed E-state index contributed by atoms with van der Waals surface area (Å²) in [7, 11) is 0. The van der Waals surface area contributed by atoms with Crippen LogP contribution in [0.5, 0.6) is 0 Å². The predicted octanol–water partition coefficient (Wildman–Crippen LogP) is 3.28. The van der Waals surface area contributed by atoms with Crippen LogP contribution in [0.1, 0.15) is 50.8 Å². The SMILES string of the molecule is CCC(CC)CN(CC)C(=O)C(N)c1ccc(C)cc1. The van der Waals surface area contributed by atoms with Gasteiger partial charge in [-0.2, -0.15) is 0 Å². The number of likely N-dealkylation sites (N-methyl/N-ethyl adjacent to an activating group) is 1. The first-order valence-corrected chi connectivity index (χ1v) is 7.64. The summed E-state index contributed by atoms with van der Waals surface area (Å²) >= 11 is 0. The number of hydrogen-bond acceptors (Lipinski definition) is 2. The number of carbonyl (C=O) groups excluding carboxylic acids is 1. The monoisotopic (exact) mass is 276 g/mol. The molecule has 0 aliphatic heterocycles. The van der Waals surface area contributed by atoms with Crippen molar-refractivity contribution in [1.29, 1.82) is 0 Å². The van der Waals surface area contributed by atoms with Crippen molar-refractivity contribution in [3.05, 3.63) is 35.4 Å². The summed E-state index contributed by atoms with van der Waals surface area (Å²) in [4.78, 5) is 14.4. The van der Waals surface area contributed by atoms with Crippen LogP contribution in [0.25, 0.3) is 0 Å². The Labute approximate surface area is 123 Å². The summed E-state index contributed by atoms with van der Waals surface area (Å²) in [6.45, 7) is 9.92. The highest BCUT2D eigenvalue weighted by molar-refractivity contribution is 5.83. The second-order valence-electron chi connectivity index (χ2n) is 5.45. The van der Waals surface area contributed by atoms with E-state index in [1.54, 1.807) is 0 Å². The van der Waals surface area contributed by atoms with Crippen molar-refractivity contribution in [2.24, 2.45) is 11.7 Å². The molecule has 1 aromatic carbocycles. The van der Waals surface area contributed by atoms with E-state index in [0.717, 1.165) is 31.5 Å². The van der Waals surface area contributed by atoms with Crippen LogP contribution in [0.15, 0.2) is 24.3 Å². The maximum atomic E-state index is 12.5. The maximum absolute atomic E-state index is 12.5. The molecule has 1 rings (SSSR count). The Morgan fingerprint density at radius 2 is 1.70 bits per heavy atom. The van der Waals surface area contributed by atoms with Gasteiger partial charge in [-0.25, -0.2) is 0 Å². The Hall–Kier alpha value is -1.35. The zero-order valence-corrected chi connectivity index (χ0v) is 13.2. The fourth-order valence-electron chi connectivity index (χ4n) is 2.35. The Morgan fingerprint density at radius 3 is 2.15 bits per heavy atom. The van der Waals surface area contributed by atoms with Crippen LogP contribution in [0.2, 0.25) is 0 Å². The van der Waals surface area contributed by atoms with Crippen molar-refractivity contribution in [3.63, 3.8) is 0 Å². The van der Waals surface area contributed by atoms with Crippen molar-refractivity contribution in [2.75, 3.05) is 13.1 Å². The lowest BCUT2D eigenvalue weighted by atomic mass is 10.0. The highest BCUT2D eigenvalue weighted by Crippen LogP contribution is 2.17. The van der Waals surface area contributed by atoms with E-state index in [-0.39, 0.29) is 5.91 Å². The number of carbonyl (C=O) groups is 1. The highest BCUT2D eigenvalue weighted by atomic mass is 16.2. The second-order valence-corrected chi connectivity index (χ2v) is 5.45. The molecule has 0 heterocycles. The van der Waals surface area contributed by atoms with Crippen molar-refractivity contribution in [2.45, 2.75) is 46.6 Å². The molecule has 1 atom stereocenters. The van der Waals surface area contributed by atoms with Gasteiger partial charge in [-0.3, -0.25) is 4.79 Å². The molecule has 0 aliphatic carbocycles. The Kier molecular flexibility index (Phi) is 6.73. The quantitative estimate of drug-likeness (QED) is 0.830. The van der Waals surface area contributed by atoms with E-state index >= 15 is 0 Å². The molecule has 1 amide bonds. The molecule has 0 bridgehead atoms. The maximum Gasteiger partial charge on any atom is 0.244 e. The van der Waals surface area contributed by atoms with E-state index in [1.165, 1.54) is 5.56 Å². The molecule has 0 spiro atoms. The molecule has 1 aromatic rings. The summed E-state index contributed by atoms with van der Waals surface area (Å²) < 4.78 is 0. The summed E-state index contributed by atoms with van der Waals surface area (Å²) in [6, 6.07) is 7.34. The van der Waals surface area contributed by atoms with Crippen molar-refractivity contribution in [3.8, 4) is 0 Å². The van der Waals surface area contributed by atoms with Gasteiger partial charge in [-0.15, -0.1) is 0 Å². The Bertz CT molecular complexity index is 410. The average molecular weight is 276 g/mol. The first-order chi connectivity index (χ1) is 9.53. The number of benzene rings is 1. The lowest BCUT2D eigenvalue weighted by molar-refractivity contribution is -0.133. The van der Waals surface area contributed by atoms with Gasteiger partial charge in [0.2, 0.25) is 5.91 Å². The van der Waals surface area contributed by atoms with E-state index in [9.17, 15) is 4.79 Å². The standard InChI is InChI=1S/C17H28N2O/c1-5-14(6-2)12-19(7-3)17(20)16(18)15-10-8-13(4)9-11-15/h8-11,14,16H,5-7,12,18H2,1-4H3. The number of nitrogens with two attached hydrogens (primary N) is 1. The fourth-order valence-corrected chi connectivity index (χ4v) is 2.35. The minimum atomic E-state index is -0.551. The zero-order chi connectivity index (χ0) is 15.1. The third-order valence-electron chi connectivity index (χ3n) is 4.03. The molecule has 0 aromatic heterocycles. The molecule has 0 fully saturated rings. The average Bonchev–Trinajstić information content (AvgIpc) is 2.48. The largest absolute Gasteiger partial charge is 0.341 e. The third-order valence-corrected chi connectivity index (χ3v) is 4.03. The Balaban J connectivity index is 2.77. The molecule has 0 radical (unpaired) electrons. The van der Waals surface area contributed by atoms with Gasteiger partial charge in [-0.05, 0) is 25.3 Å². The van der Waals surface area contributed by atoms with E-state index in [4.69, 9.17) is 5.73 Å². The van der Waals surface area contributed by atoms with Gasteiger partial charge in [0.25, 0.3) is 0 Å². The van der Waals surface area contributed by atoms with Gasteiger partial charge >= 0.3 is 0 Å². The fraction of sp³-hybridized carbons (Fsp3) is 0.588. The molecule has 0 saturated carbocycles. The summed E-state index contributed by atoms with van der Waals surface area (Å²) in [5.74, 6) is 0.590. The topological polar surface area (TPSA) is 46.3 Å². The molecule has 1 unspecified atom stereocenters. The lowest BCUT2D eigenvalue weighted by Crippen LogP contribution is -2.41. The van der Waals surface area contributed by atoms with Crippen molar-refractivity contribution >= 4 is 5.91 Å². The highest BCUT2D eigenvalue weighted by Gasteiger charge is 2.22. The number of hydrogen-bond donors (Lipinski definition) is 1. The molecule has 3 nitrogen and oxygen atoms in total. The lowest BCUT2D eigenvalue weighted by Gasteiger charge is -2.28. The molecule has 0 saturated heterocycles. The molecular weight excluding hydrogens is 248 g/mol. The molecule has 112 valence electrons. The van der Waals surface area contributed by atoms with Gasteiger partial charge in [0.1, 0.15) is 6.04 Å². The molecule has 0 aliphatic rings. The van der Waals surface area contributed by atoms with E-state index in [0.29, 0.717) is 5.92 Å². The minimum absolute atomic E-state index is 0.0308. The van der Waals surface area contributed by atoms with Gasteiger partial charge in [-0.1, -0.05) is 56.5 Å². The van der Waals surface area contributed by atoms with Crippen LogP contribution in [0.3, 0.4) is 0 Å². The van der Waals surface area contributed by atoms with E-state index in [2.05, 4.69) is 13.8 Å². The van der Waals surface area contributed by atoms with Gasteiger partial charge in [0.15, 0.2) is 0 Å². The van der Waals surface area contributed by atoms with Crippen LogP contribution in [-0.4, -0.2) is 23.9 Å². The minimum Gasteiger partial charge on any atom is -0.341 e. The zero-order valence-electron chi connectivity index (χ0n) is 13.2. The number of nitrogens with zero attached hydrogens (tertiary/aromatic N) is 1. The van der Waals surface area contributed by atoms with Crippen molar-refractivity contribution in [1.82, 2.24) is 4.90 Å². The summed E-state index contributed by atoms with van der Waals surface area (Å²) in [6.07, 6.45) is 2.19. The summed E-state index contributed by atoms with van der Waals surface area (Å²) in [5.41, 5.74) is 8.20. The van der Waals surface area contributed by atoms with Crippen molar-refractivity contribution < 1.29 is 4.79 Å². The first-order valence-electron chi connectivity index (χ1n) is 7.64. The third kappa shape index (κ3) is 4.34. The van der Waals surface area contributed by atoms with Crippen LogP contribution >= 0.6 is 0 Å². The number of aryl methyl sites for hydroxylation is 1. The van der Waals surface area contributed by atoms with Crippen LogP contribution in [-0.2, 0) is 4.79 Å². The van der Waals surface area contributed by atoms with Crippen LogP contribution in [0.4, 0.5) is 0 Å². The van der Waals surface area contributed by atoms with Crippen LogP contribution in [0, 0.1) is 12.8 Å². The molecular formula is C17H28N2O. The Morgan fingerprint density at radius 1 is 1.15 bits per heavy atom. The number of rotatable bonds is 7. The molecule has 2 N–H and O–H groups in total. The van der Waals surface area contributed by atoms with E-state index in [1.807, 2.05) is 43.0 Å². The molecule has 20 heavy (non-hydrogen) atoms. The van der Waals surface area contributed by atoms with Crippen LogP contribution < -0.4 is 5.73 Å². The predicted molar refractivity (Wildman–Crippen MR) is 84.4 cm³/mol. The first kappa shape index (κ1) is 16.7. The van der Waals surface area contributed by atoms with Gasteiger partial charge in [0.05, 0.1) is 0 Å². The normalized spacial score (nSPS) is 12.5. The summed E-state index contributed by atoms with van der Waals surface area (Å²) in [5, 5.41) is 0. The smallest absolute Gasteiger partial charge is 0.244 e. The number of amides is 1. The second kappa shape index (κ2) is 8.05. The van der Waals surface area contributed by atoms with Gasteiger partial charge in [0, 0.05) is 13.1 Å². The van der Waals surface area contributed by atoms with Gasteiger partial charge < -0.3 is 10.6 Å². The molecule has 3 heteroatoms. The van der Waals surface area contributed by atoms with E-state index < -0.39 is 6.04 Å².